The molecule has 1 atom stereocenters. The van der Waals surface area contributed by atoms with Crippen molar-refractivity contribution in [3.8, 4) is 5.75 Å². The number of rotatable bonds is 5. The summed E-state index contributed by atoms with van der Waals surface area (Å²) in [5.74, 6) is -3.45. The monoisotopic (exact) mass is 365 g/mol. The minimum Gasteiger partial charge on any atom is -0.490 e. The van der Waals surface area contributed by atoms with Crippen LogP contribution in [0.1, 0.15) is 18.4 Å². The summed E-state index contributed by atoms with van der Waals surface area (Å²) in [5.41, 5.74) is 6.07. The summed E-state index contributed by atoms with van der Waals surface area (Å²) in [5, 5.41) is 0. The van der Waals surface area contributed by atoms with Crippen LogP contribution in [0.15, 0.2) is 24.3 Å². The molecule has 0 aromatic heterocycles. The Morgan fingerprint density at radius 3 is 2.28 bits per heavy atom. The SMILES string of the molecule is NC(Cc1ccc(OC2CC(F)C2)cc1)C(=O)OOC(=O)C(F)(F)F. The zero-order chi connectivity index (χ0) is 18.6. The molecule has 6 nitrogen and oxygen atoms in total. The molecule has 0 amide bonds. The number of hydrogen-bond acceptors (Lipinski definition) is 6. The molecule has 10 heteroatoms. The quantitative estimate of drug-likeness (QED) is 0.488. The van der Waals surface area contributed by atoms with Crippen LogP contribution < -0.4 is 10.5 Å². The summed E-state index contributed by atoms with van der Waals surface area (Å²) in [6.07, 6.45) is -5.65. The lowest BCUT2D eigenvalue weighted by Crippen LogP contribution is -2.36. The number of benzene rings is 1. The van der Waals surface area contributed by atoms with Crippen molar-refractivity contribution in [1.29, 1.82) is 0 Å². The van der Waals surface area contributed by atoms with E-state index in [9.17, 15) is 27.2 Å². The molecule has 0 bridgehead atoms. The molecule has 138 valence electrons. The molecule has 0 radical (unpaired) electrons. The van der Waals surface area contributed by atoms with Gasteiger partial charge in [-0.3, -0.25) is 0 Å². The fourth-order valence-electron chi connectivity index (χ4n) is 2.02. The lowest BCUT2D eigenvalue weighted by molar-refractivity contribution is -0.286. The van der Waals surface area contributed by atoms with Gasteiger partial charge in [0.15, 0.2) is 0 Å². The minimum atomic E-state index is -5.27. The van der Waals surface area contributed by atoms with E-state index < -0.39 is 30.3 Å². The maximum Gasteiger partial charge on any atom is 0.495 e. The van der Waals surface area contributed by atoms with Gasteiger partial charge in [0.1, 0.15) is 24.1 Å². The highest BCUT2D eigenvalue weighted by Gasteiger charge is 2.43. The predicted octanol–water partition coefficient (Wildman–Crippen LogP) is 2.00. The van der Waals surface area contributed by atoms with Crippen molar-refractivity contribution in [2.45, 2.75) is 43.8 Å². The fraction of sp³-hybridized carbons (Fsp3) is 0.467. The van der Waals surface area contributed by atoms with Gasteiger partial charge in [-0.2, -0.15) is 13.2 Å². The topological polar surface area (TPSA) is 87.8 Å². The molecule has 0 aliphatic heterocycles. The van der Waals surface area contributed by atoms with Crippen molar-refractivity contribution in [1.82, 2.24) is 0 Å². The van der Waals surface area contributed by atoms with E-state index >= 15 is 0 Å². The van der Waals surface area contributed by atoms with Gasteiger partial charge >= 0.3 is 18.1 Å². The molecule has 0 spiro atoms. The van der Waals surface area contributed by atoms with Crippen LogP contribution in [0.5, 0.6) is 5.75 Å². The molecule has 1 saturated carbocycles. The normalized spacial score (nSPS) is 21.0. The van der Waals surface area contributed by atoms with Gasteiger partial charge in [0.05, 0.1) is 0 Å². The molecule has 1 aromatic carbocycles. The maximum absolute atomic E-state index is 12.7. The second kappa shape index (κ2) is 7.68. The second-order valence-corrected chi connectivity index (χ2v) is 5.53. The van der Waals surface area contributed by atoms with Gasteiger partial charge in [0.25, 0.3) is 0 Å². The first-order chi connectivity index (χ1) is 11.6. The van der Waals surface area contributed by atoms with E-state index in [1.165, 1.54) is 0 Å². The van der Waals surface area contributed by atoms with Crippen LogP contribution in [0.25, 0.3) is 0 Å². The average molecular weight is 365 g/mol. The summed E-state index contributed by atoms with van der Waals surface area (Å²) in [7, 11) is 0. The van der Waals surface area contributed by atoms with Crippen molar-refractivity contribution >= 4 is 11.9 Å². The Balaban J connectivity index is 1.78. The third-order valence-electron chi connectivity index (χ3n) is 3.45. The van der Waals surface area contributed by atoms with Gasteiger partial charge in [0, 0.05) is 12.8 Å². The summed E-state index contributed by atoms with van der Waals surface area (Å²) in [4.78, 5) is 29.0. The summed E-state index contributed by atoms with van der Waals surface area (Å²) in [6.45, 7) is 0. The number of alkyl halides is 4. The fourth-order valence-corrected chi connectivity index (χ4v) is 2.02. The number of halogens is 4. The Morgan fingerprint density at radius 2 is 1.76 bits per heavy atom. The van der Waals surface area contributed by atoms with Gasteiger partial charge in [-0.1, -0.05) is 12.1 Å². The Morgan fingerprint density at radius 1 is 1.16 bits per heavy atom. The first-order valence-electron chi connectivity index (χ1n) is 7.30. The van der Waals surface area contributed by atoms with E-state index in [-0.39, 0.29) is 12.5 Å². The summed E-state index contributed by atoms with van der Waals surface area (Å²) in [6, 6.07) is 5.06. The molecule has 1 aromatic rings. The molecule has 1 fully saturated rings. The van der Waals surface area contributed by atoms with Crippen LogP contribution in [0, 0.1) is 0 Å². The Labute approximate surface area is 139 Å². The van der Waals surface area contributed by atoms with Crippen LogP contribution >= 0.6 is 0 Å². The lowest BCUT2D eigenvalue weighted by atomic mass is 9.93. The number of carbonyl (C=O) groups is 2. The highest BCUT2D eigenvalue weighted by atomic mass is 19.4. The first-order valence-corrected chi connectivity index (χ1v) is 7.30. The second-order valence-electron chi connectivity index (χ2n) is 5.53. The number of hydrogen-bond donors (Lipinski definition) is 1. The molecule has 25 heavy (non-hydrogen) atoms. The van der Waals surface area contributed by atoms with E-state index in [0.29, 0.717) is 24.2 Å². The zero-order valence-corrected chi connectivity index (χ0v) is 12.8. The van der Waals surface area contributed by atoms with Gasteiger partial charge in [-0.05, 0) is 24.1 Å². The van der Waals surface area contributed by atoms with Crippen LogP contribution in [-0.4, -0.2) is 36.4 Å². The van der Waals surface area contributed by atoms with Crippen LogP contribution in [0.4, 0.5) is 17.6 Å². The van der Waals surface area contributed by atoms with Crippen molar-refractivity contribution in [3.63, 3.8) is 0 Å². The number of ether oxygens (including phenoxy) is 1. The van der Waals surface area contributed by atoms with E-state index in [0.717, 1.165) is 0 Å². The van der Waals surface area contributed by atoms with Gasteiger partial charge in [-0.25, -0.2) is 23.8 Å². The molecule has 1 aliphatic rings. The smallest absolute Gasteiger partial charge is 0.490 e. The van der Waals surface area contributed by atoms with Crippen molar-refractivity contribution < 1.29 is 41.7 Å². The molecular formula is C15H15F4NO5. The molecular weight excluding hydrogens is 350 g/mol. The van der Waals surface area contributed by atoms with Gasteiger partial charge in [-0.15, -0.1) is 0 Å². The number of nitrogens with two attached hydrogens (primary N) is 1. The Hall–Kier alpha value is -2.36. The maximum atomic E-state index is 12.7. The van der Waals surface area contributed by atoms with E-state index in [2.05, 4.69) is 9.78 Å². The average Bonchev–Trinajstić information content (AvgIpc) is 2.51. The zero-order valence-electron chi connectivity index (χ0n) is 12.8. The molecule has 0 saturated heterocycles. The molecule has 1 aliphatic carbocycles. The van der Waals surface area contributed by atoms with Crippen molar-refractivity contribution in [2.75, 3.05) is 0 Å². The minimum absolute atomic E-state index is 0.0569. The Bertz CT molecular complexity index is 613. The summed E-state index contributed by atoms with van der Waals surface area (Å²) < 4.78 is 53.9. The number of carbonyl (C=O) groups excluding carboxylic acids is 2. The molecule has 1 unspecified atom stereocenters. The van der Waals surface area contributed by atoms with E-state index in [1.54, 1.807) is 24.3 Å². The van der Waals surface area contributed by atoms with Crippen molar-refractivity contribution in [3.05, 3.63) is 29.8 Å². The first kappa shape index (κ1) is 19.0. The van der Waals surface area contributed by atoms with E-state index in [4.69, 9.17) is 10.5 Å². The lowest BCUT2D eigenvalue weighted by Gasteiger charge is -2.30. The van der Waals surface area contributed by atoms with Crippen molar-refractivity contribution in [2.24, 2.45) is 5.73 Å². The van der Waals surface area contributed by atoms with Gasteiger partial charge < -0.3 is 10.5 Å². The summed E-state index contributed by atoms with van der Waals surface area (Å²) >= 11 is 0. The highest BCUT2D eigenvalue weighted by Crippen LogP contribution is 2.28. The third-order valence-corrected chi connectivity index (χ3v) is 3.45. The van der Waals surface area contributed by atoms with E-state index in [1.807, 2.05) is 0 Å². The molecule has 0 heterocycles. The largest absolute Gasteiger partial charge is 0.495 e. The molecule has 2 N–H and O–H groups in total. The predicted molar refractivity (Wildman–Crippen MR) is 74.9 cm³/mol. The third kappa shape index (κ3) is 5.59. The highest BCUT2D eigenvalue weighted by molar-refractivity contribution is 5.79. The van der Waals surface area contributed by atoms with Crippen LogP contribution in [0.3, 0.4) is 0 Å². The van der Waals surface area contributed by atoms with Crippen LogP contribution in [-0.2, 0) is 25.8 Å². The standard InChI is InChI=1S/C15H15F4NO5/c16-9-6-11(7-9)23-10-3-1-8(2-4-10)5-12(20)13(21)24-25-14(22)15(17,18)19/h1-4,9,11-12H,5-7,20H2. The van der Waals surface area contributed by atoms with Crippen LogP contribution in [0.2, 0.25) is 0 Å². The van der Waals surface area contributed by atoms with Gasteiger partial charge in [0.2, 0.25) is 0 Å². The Kier molecular flexibility index (Phi) is 5.83. The molecule has 2 rings (SSSR count).